The van der Waals surface area contributed by atoms with E-state index in [1.807, 2.05) is 7.11 Å². The molecule has 3 heteroatoms. The number of methoxy groups -OCH3 is 1. The smallest absolute Gasteiger partial charge is 0.0805 e. The number of rotatable bonds is 6. The van der Waals surface area contributed by atoms with Crippen LogP contribution >= 0.6 is 0 Å². The van der Waals surface area contributed by atoms with Gasteiger partial charge in [0.2, 0.25) is 0 Å². The number of piperidine rings is 1. The van der Waals surface area contributed by atoms with Gasteiger partial charge in [0.05, 0.1) is 5.60 Å². The average molecular weight is 268 g/mol. The summed E-state index contributed by atoms with van der Waals surface area (Å²) in [5, 5.41) is 3.72. The number of nitrogens with one attached hydrogen (secondary N) is 1. The Kier molecular flexibility index (Phi) is 5.27. The second-order valence-electron chi connectivity index (χ2n) is 6.66. The molecule has 0 spiro atoms. The van der Waals surface area contributed by atoms with Crippen LogP contribution in [0.25, 0.3) is 0 Å². The monoisotopic (exact) mass is 268 g/mol. The van der Waals surface area contributed by atoms with E-state index < -0.39 is 0 Å². The van der Waals surface area contributed by atoms with Crippen LogP contribution < -0.4 is 5.32 Å². The highest BCUT2D eigenvalue weighted by atomic mass is 16.5. The summed E-state index contributed by atoms with van der Waals surface area (Å²) in [5.41, 5.74) is 0.178. The predicted octanol–water partition coefficient (Wildman–Crippen LogP) is 2.65. The fraction of sp³-hybridized carbons (Fsp3) is 1.00. The van der Waals surface area contributed by atoms with Crippen LogP contribution in [0.4, 0.5) is 0 Å². The van der Waals surface area contributed by atoms with Gasteiger partial charge in [-0.25, -0.2) is 0 Å². The van der Waals surface area contributed by atoms with Crippen LogP contribution in [0.3, 0.4) is 0 Å². The first-order valence-corrected chi connectivity index (χ1v) is 8.14. The molecule has 3 unspecified atom stereocenters. The van der Waals surface area contributed by atoms with Gasteiger partial charge in [-0.05, 0) is 51.5 Å². The number of hydrogen-bond acceptors (Lipinski definition) is 3. The zero-order valence-corrected chi connectivity index (χ0v) is 13.2. The molecule has 0 amide bonds. The topological polar surface area (TPSA) is 24.5 Å². The van der Waals surface area contributed by atoms with Crippen molar-refractivity contribution in [1.82, 2.24) is 10.2 Å². The lowest BCUT2D eigenvalue weighted by atomic mass is 9.78. The first-order chi connectivity index (χ1) is 9.12. The average Bonchev–Trinajstić information content (AvgIpc) is 2.38. The summed E-state index contributed by atoms with van der Waals surface area (Å²) in [6.45, 7) is 10.6. The maximum Gasteiger partial charge on any atom is 0.0805 e. The molecule has 1 saturated carbocycles. The van der Waals surface area contributed by atoms with E-state index in [-0.39, 0.29) is 5.60 Å². The standard InChI is InChI=1S/C16H32N2O/c1-5-10-17-15-7-11-18(14(3)13(15)2)12-16(19-4)8-6-9-16/h13-15,17H,5-12H2,1-4H3. The molecule has 3 nitrogen and oxygen atoms in total. The summed E-state index contributed by atoms with van der Waals surface area (Å²) < 4.78 is 5.79. The van der Waals surface area contributed by atoms with E-state index in [0.717, 1.165) is 19.0 Å². The summed E-state index contributed by atoms with van der Waals surface area (Å²) in [5.74, 6) is 0.731. The molecule has 0 aromatic heterocycles. The molecule has 3 atom stereocenters. The summed E-state index contributed by atoms with van der Waals surface area (Å²) in [7, 11) is 1.89. The molecule has 1 N–H and O–H groups in total. The Balaban J connectivity index is 1.87. The molecule has 0 bridgehead atoms. The van der Waals surface area contributed by atoms with Crippen molar-refractivity contribution >= 4 is 0 Å². The fourth-order valence-electron chi connectivity index (χ4n) is 3.65. The molecular formula is C16H32N2O. The Labute approximate surface area is 119 Å². The number of ether oxygens (including phenoxy) is 1. The van der Waals surface area contributed by atoms with Crippen molar-refractivity contribution in [2.45, 2.75) is 70.6 Å². The van der Waals surface area contributed by atoms with E-state index in [9.17, 15) is 0 Å². The molecule has 0 radical (unpaired) electrons. The highest BCUT2D eigenvalue weighted by Crippen LogP contribution is 2.37. The molecule has 19 heavy (non-hydrogen) atoms. The van der Waals surface area contributed by atoms with Crippen molar-refractivity contribution in [1.29, 1.82) is 0 Å². The molecule has 0 aromatic rings. The van der Waals surface area contributed by atoms with Crippen LogP contribution in [0.1, 0.15) is 52.9 Å². The van der Waals surface area contributed by atoms with E-state index in [1.54, 1.807) is 0 Å². The molecule has 1 aliphatic carbocycles. The zero-order valence-electron chi connectivity index (χ0n) is 13.2. The Morgan fingerprint density at radius 2 is 2.05 bits per heavy atom. The van der Waals surface area contributed by atoms with Gasteiger partial charge < -0.3 is 10.1 Å². The van der Waals surface area contributed by atoms with E-state index >= 15 is 0 Å². The van der Waals surface area contributed by atoms with Gasteiger partial charge in [0.25, 0.3) is 0 Å². The van der Waals surface area contributed by atoms with Crippen molar-refractivity contribution in [2.75, 3.05) is 26.7 Å². The van der Waals surface area contributed by atoms with Gasteiger partial charge in [-0.3, -0.25) is 4.90 Å². The third-order valence-corrected chi connectivity index (χ3v) is 5.54. The van der Waals surface area contributed by atoms with Gasteiger partial charge >= 0.3 is 0 Å². The van der Waals surface area contributed by atoms with Crippen LogP contribution in [0, 0.1) is 5.92 Å². The Morgan fingerprint density at radius 3 is 2.58 bits per heavy atom. The minimum absolute atomic E-state index is 0.178. The van der Waals surface area contributed by atoms with Crippen LogP contribution in [0.15, 0.2) is 0 Å². The van der Waals surface area contributed by atoms with Crippen LogP contribution in [0.2, 0.25) is 0 Å². The molecule has 2 fully saturated rings. The van der Waals surface area contributed by atoms with E-state index in [4.69, 9.17) is 4.74 Å². The number of nitrogens with zero attached hydrogens (tertiary/aromatic N) is 1. The highest BCUT2D eigenvalue weighted by Gasteiger charge is 2.42. The molecular weight excluding hydrogens is 236 g/mol. The first-order valence-electron chi connectivity index (χ1n) is 8.14. The van der Waals surface area contributed by atoms with Gasteiger partial charge in [0, 0.05) is 32.3 Å². The molecule has 1 heterocycles. The van der Waals surface area contributed by atoms with Crippen LogP contribution in [0.5, 0.6) is 0 Å². The SMILES string of the molecule is CCCNC1CCN(CC2(OC)CCC2)C(C)C1C. The van der Waals surface area contributed by atoms with Gasteiger partial charge in [-0.1, -0.05) is 13.8 Å². The first kappa shape index (κ1) is 15.3. The molecule has 112 valence electrons. The van der Waals surface area contributed by atoms with Crippen molar-refractivity contribution in [3.05, 3.63) is 0 Å². The van der Waals surface area contributed by atoms with Gasteiger partial charge in [0.1, 0.15) is 0 Å². The van der Waals surface area contributed by atoms with Crippen molar-refractivity contribution in [2.24, 2.45) is 5.92 Å². The highest BCUT2D eigenvalue weighted by molar-refractivity contribution is 4.96. The van der Waals surface area contributed by atoms with E-state index in [0.29, 0.717) is 12.1 Å². The largest absolute Gasteiger partial charge is 0.377 e. The lowest BCUT2D eigenvalue weighted by Crippen LogP contribution is -2.58. The third-order valence-electron chi connectivity index (χ3n) is 5.54. The van der Waals surface area contributed by atoms with Gasteiger partial charge in [-0.2, -0.15) is 0 Å². The fourth-order valence-corrected chi connectivity index (χ4v) is 3.65. The molecule has 2 aliphatic rings. The molecule has 1 saturated heterocycles. The van der Waals surface area contributed by atoms with Crippen molar-refractivity contribution in [3.63, 3.8) is 0 Å². The summed E-state index contributed by atoms with van der Waals surface area (Å²) in [6, 6.07) is 1.36. The Morgan fingerprint density at radius 1 is 1.32 bits per heavy atom. The molecule has 2 rings (SSSR count). The second kappa shape index (κ2) is 6.55. The lowest BCUT2D eigenvalue weighted by molar-refractivity contribution is -0.105. The van der Waals surface area contributed by atoms with Crippen LogP contribution in [-0.4, -0.2) is 49.3 Å². The summed E-state index contributed by atoms with van der Waals surface area (Å²) in [6.07, 6.45) is 6.35. The quantitative estimate of drug-likeness (QED) is 0.801. The van der Waals surface area contributed by atoms with Gasteiger partial charge in [-0.15, -0.1) is 0 Å². The molecule has 1 aliphatic heterocycles. The van der Waals surface area contributed by atoms with E-state index in [2.05, 4.69) is 31.0 Å². The Hall–Kier alpha value is -0.120. The normalized spacial score (nSPS) is 35.1. The minimum atomic E-state index is 0.178. The maximum atomic E-state index is 5.79. The maximum absolute atomic E-state index is 5.79. The lowest BCUT2D eigenvalue weighted by Gasteiger charge is -2.49. The predicted molar refractivity (Wildman–Crippen MR) is 80.5 cm³/mol. The van der Waals surface area contributed by atoms with Crippen molar-refractivity contribution < 1.29 is 4.74 Å². The number of likely N-dealkylation sites (tertiary alicyclic amines) is 1. The zero-order chi connectivity index (χ0) is 13.9. The Bertz CT molecular complexity index is 272. The van der Waals surface area contributed by atoms with Gasteiger partial charge in [0.15, 0.2) is 0 Å². The summed E-state index contributed by atoms with van der Waals surface area (Å²) in [4.78, 5) is 2.66. The van der Waals surface area contributed by atoms with E-state index in [1.165, 1.54) is 38.6 Å². The molecule has 0 aromatic carbocycles. The minimum Gasteiger partial charge on any atom is -0.377 e. The third kappa shape index (κ3) is 3.32. The number of hydrogen-bond donors (Lipinski definition) is 1. The second-order valence-corrected chi connectivity index (χ2v) is 6.66. The summed E-state index contributed by atoms with van der Waals surface area (Å²) >= 11 is 0. The van der Waals surface area contributed by atoms with Crippen molar-refractivity contribution in [3.8, 4) is 0 Å². The van der Waals surface area contributed by atoms with Crippen LogP contribution in [-0.2, 0) is 4.74 Å².